The van der Waals surface area contributed by atoms with Crippen LogP contribution >= 0.6 is 0 Å². The van der Waals surface area contributed by atoms with E-state index in [9.17, 15) is 19.7 Å². The summed E-state index contributed by atoms with van der Waals surface area (Å²) in [4.78, 5) is 36.3. The molecule has 0 saturated carbocycles. The first kappa shape index (κ1) is 18.4. The molecule has 0 aliphatic heterocycles. The molecule has 0 N–H and O–H groups in total. The van der Waals surface area contributed by atoms with E-state index in [4.69, 9.17) is 0 Å². The van der Waals surface area contributed by atoms with Crippen molar-refractivity contribution < 1.29 is 4.92 Å². The second kappa shape index (κ2) is 6.59. The third kappa shape index (κ3) is 2.77. The smallest absolute Gasteiger partial charge is 0.313 e. The number of non-ortho nitro benzene ring substituents is 1. The maximum atomic E-state index is 13.0. The lowest BCUT2D eigenvalue weighted by Crippen LogP contribution is -2.36. The first-order chi connectivity index (χ1) is 13.8. The molecular weight excluding hydrogens is 372 g/mol. The third-order valence-corrected chi connectivity index (χ3v) is 5.14. The number of aryl methyl sites for hydroxylation is 2. The van der Waals surface area contributed by atoms with E-state index in [1.54, 1.807) is 25.4 Å². The minimum atomic E-state index is -0.472. The second-order valence-corrected chi connectivity index (χ2v) is 6.91. The SMILES string of the molecule is Cc1ccccc1-n1cc2c(c1-c1cccc([N+](=O)[O-])c1)c(=O)n(C)c(=O)n2C. The van der Waals surface area contributed by atoms with Crippen LogP contribution in [-0.4, -0.2) is 18.6 Å². The molecule has 0 amide bonds. The third-order valence-electron chi connectivity index (χ3n) is 5.14. The molecule has 0 aliphatic rings. The number of nitrogens with zero attached hydrogens (tertiary/aromatic N) is 4. The molecule has 8 heteroatoms. The highest BCUT2D eigenvalue weighted by molar-refractivity contribution is 5.95. The zero-order valence-corrected chi connectivity index (χ0v) is 16.1. The Morgan fingerprint density at radius 1 is 0.966 bits per heavy atom. The Labute approximate surface area is 165 Å². The van der Waals surface area contributed by atoms with Gasteiger partial charge in [0.1, 0.15) is 0 Å². The first-order valence-corrected chi connectivity index (χ1v) is 8.93. The van der Waals surface area contributed by atoms with Gasteiger partial charge in [-0.2, -0.15) is 0 Å². The Hall–Kier alpha value is -3.94. The van der Waals surface area contributed by atoms with Gasteiger partial charge < -0.3 is 4.57 Å². The second-order valence-electron chi connectivity index (χ2n) is 6.91. The van der Waals surface area contributed by atoms with E-state index in [2.05, 4.69) is 0 Å². The lowest BCUT2D eigenvalue weighted by molar-refractivity contribution is -0.384. The van der Waals surface area contributed by atoms with Crippen molar-refractivity contribution in [1.29, 1.82) is 0 Å². The van der Waals surface area contributed by atoms with Crippen LogP contribution in [0.15, 0.2) is 64.3 Å². The predicted octanol–water partition coefficient (Wildman–Crippen LogP) is 2.91. The molecule has 0 fully saturated rings. The van der Waals surface area contributed by atoms with E-state index in [0.717, 1.165) is 15.8 Å². The molecule has 0 unspecified atom stereocenters. The average Bonchev–Trinajstić information content (AvgIpc) is 3.11. The summed E-state index contributed by atoms with van der Waals surface area (Å²) in [5.41, 5.74) is 2.31. The van der Waals surface area contributed by atoms with Gasteiger partial charge in [-0.3, -0.25) is 24.0 Å². The molecule has 0 saturated heterocycles. The molecule has 0 bridgehead atoms. The highest BCUT2D eigenvalue weighted by Crippen LogP contribution is 2.33. The van der Waals surface area contributed by atoms with Gasteiger partial charge in [0.2, 0.25) is 0 Å². The molecule has 29 heavy (non-hydrogen) atoms. The lowest BCUT2D eigenvalue weighted by Gasteiger charge is -2.12. The average molecular weight is 390 g/mol. The number of nitro groups is 1. The summed E-state index contributed by atoms with van der Waals surface area (Å²) < 4.78 is 4.28. The van der Waals surface area contributed by atoms with Crippen molar-refractivity contribution in [2.24, 2.45) is 14.1 Å². The van der Waals surface area contributed by atoms with Gasteiger partial charge in [-0.1, -0.05) is 30.3 Å². The minimum absolute atomic E-state index is 0.0742. The summed E-state index contributed by atoms with van der Waals surface area (Å²) in [7, 11) is 3.02. The zero-order valence-electron chi connectivity index (χ0n) is 16.1. The van der Waals surface area contributed by atoms with Crippen LogP contribution in [-0.2, 0) is 14.1 Å². The van der Waals surface area contributed by atoms with E-state index in [1.807, 2.05) is 35.8 Å². The molecule has 8 nitrogen and oxygen atoms in total. The van der Waals surface area contributed by atoms with Crippen molar-refractivity contribution >= 4 is 16.6 Å². The van der Waals surface area contributed by atoms with Crippen molar-refractivity contribution in [2.75, 3.05) is 0 Å². The van der Waals surface area contributed by atoms with E-state index < -0.39 is 16.2 Å². The number of aromatic nitrogens is 3. The van der Waals surface area contributed by atoms with Crippen LogP contribution in [0.2, 0.25) is 0 Å². The summed E-state index contributed by atoms with van der Waals surface area (Å²) in [6.45, 7) is 1.94. The quantitative estimate of drug-likeness (QED) is 0.397. The predicted molar refractivity (Wildman–Crippen MR) is 111 cm³/mol. The molecule has 2 aromatic heterocycles. The number of rotatable bonds is 3. The largest absolute Gasteiger partial charge is 0.330 e. The monoisotopic (exact) mass is 390 g/mol. The fourth-order valence-electron chi connectivity index (χ4n) is 3.61. The molecule has 4 rings (SSSR count). The van der Waals surface area contributed by atoms with Gasteiger partial charge in [0.15, 0.2) is 0 Å². The van der Waals surface area contributed by atoms with Gasteiger partial charge in [-0.15, -0.1) is 0 Å². The molecule has 4 aromatic rings. The Morgan fingerprint density at radius 2 is 1.69 bits per heavy atom. The summed E-state index contributed by atoms with van der Waals surface area (Å²) in [5, 5.41) is 11.6. The van der Waals surface area contributed by atoms with Crippen molar-refractivity contribution in [3.05, 3.63) is 91.2 Å². The molecule has 146 valence electrons. The Bertz CT molecular complexity index is 1410. The molecule has 2 heterocycles. The summed E-state index contributed by atoms with van der Waals surface area (Å²) >= 11 is 0. The number of fused-ring (bicyclic) bond motifs is 1. The standard InChI is InChI=1S/C21H18N4O4/c1-13-7-4-5-10-16(13)24-12-17-18(20(26)23(3)21(27)22(17)2)19(24)14-8-6-9-15(11-14)25(28)29/h4-12H,1-3H3. The molecular formula is C21H18N4O4. The molecule has 0 atom stereocenters. The van der Waals surface area contributed by atoms with E-state index in [-0.39, 0.29) is 5.69 Å². The van der Waals surface area contributed by atoms with Gasteiger partial charge in [0, 0.05) is 43.7 Å². The van der Waals surface area contributed by atoms with Crippen molar-refractivity contribution in [2.45, 2.75) is 6.92 Å². The van der Waals surface area contributed by atoms with Crippen molar-refractivity contribution in [1.82, 2.24) is 13.7 Å². The maximum Gasteiger partial charge on any atom is 0.330 e. The normalized spacial score (nSPS) is 11.1. The van der Waals surface area contributed by atoms with Crippen molar-refractivity contribution in [3.63, 3.8) is 0 Å². The molecule has 0 radical (unpaired) electrons. The van der Waals surface area contributed by atoms with Gasteiger partial charge in [0.25, 0.3) is 11.2 Å². The van der Waals surface area contributed by atoms with Gasteiger partial charge >= 0.3 is 5.69 Å². The van der Waals surface area contributed by atoms with Crippen LogP contribution in [0.4, 0.5) is 5.69 Å². The van der Waals surface area contributed by atoms with Crippen LogP contribution in [0.25, 0.3) is 27.8 Å². The van der Waals surface area contributed by atoms with Gasteiger partial charge in [-0.05, 0) is 18.6 Å². The topological polar surface area (TPSA) is 92.1 Å². The highest BCUT2D eigenvalue weighted by Gasteiger charge is 2.22. The number of nitro benzene ring substituents is 1. The highest BCUT2D eigenvalue weighted by atomic mass is 16.6. The van der Waals surface area contributed by atoms with Crippen molar-refractivity contribution in [3.8, 4) is 16.9 Å². The maximum absolute atomic E-state index is 13.0. The summed E-state index contributed by atoms with van der Waals surface area (Å²) in [6.07, 6.45) is 1.73. The first-order valence-electron chi connectivity index (χ1n) is 8.93. The van der Waals surface area contributed by atoms with E-state index in [0.29, 0.717) is 22.2 Å². The number of hydrogen-bond donors (Lipinski definition) is 0. The molecule has 2 aromatic carbocycles. The number of hydrogen-bond acceptors (Lipinski definition) is 4. The Kier molecular flexibility index (Phi) is 4.19. The van der Waals surface area contributed by atoms with Gasteiger partial charge in [-0.25, -0.2) is 4.79 Å². The van der Waals surface area contributed by atoms with Crippen LogP contribution in [0.1, 0.15) is 5.56 Å². The molecule has 0 spiro atoms. The van der Waals surface area contributed by atoms with Crippen LogP contribution < -0.4 is 11.2 Å². The van der Waals surface area contributed by atoms with Gasteiger partial charge in [0.05, 0.1) is 21.5 Å². The number of benzene rings is 2. The Morgan fingerprint density at radius 3 is 2.38 bits per heavy atom. The fourth-order valence-corrected chi connectivity index (χ4v) is 3.61. The molecule has 0 aliphatic carbocycles. The minimum Gasteiger partial charge on any atom is -0.313 e. The summed E-state index contributed by atoms with van der Waals surface area (Å²) in [6, 6.07) is 13.8. The van der Waals surface area contributed by atoms with E-state index in [1.165, 1.54) is 23.7 Å². The Balaban J connectivity index is 2.22. The van der Waals surface area contributed by atoms with E-state index >= 15 is 0 Å². The number of para-hydroxylation sites is 1. The van der Waals surface area contributed by atoms with Crippen LogP contribution in [0.3, 0.4) is 0 Å². The van der Waals surface area contributed by atoms with Crippen LogP contribution in [0, 0.1) is 17.0 Å². The van der Waals surface area contributed by atoms with Crippen LogP contribution in [0.5, 0.6) is 0 Å². The zero-order chi connectivity index (χ0) is 20.9. The fraction of sp³-hybridized carbons (Fsp3) is 0.143. The lowest BCUT2D eigenvalue weighted by atomic mass is 10.1. The summed E-state index contributed by atoms with van der Waals surface area (Å²) in [5.74, 6) is 0.